The van der Waals surface area contributed by atoms with Crippen molar-refractivity contribution in [3.05, 3.63) is 0 Å². The molecule has 1 saturated heterocycles. The molecule has 1 fully saturated rings. The fourth-order valence-corrected chi connectivity index (χ4v) is 2.29. The van der Waals surface area contributed by atoms with Crippen molar-refractivity contribution >= 4 is 11.8 Å². The third kappa shape index (κ3) is 4.00. The lowest BCUT2D eigenvalue weighted by atomic mass is 9.97. The molecule has 104 valence electrons. The van der Waals surface area contributed by atoms with Gasteiger partial charge in [0, 0.05) is 33.1 Å². The van der Waals surface area contributed by atoms with Gasteiger partial charge in [-0.15, -0.1) is 0 Å². The minimum atomic E-state index is 0.0198. The quantitative estimate of drug-likeness (QED) is 0.748. The summed E-state index contributed by atoms with van der Waals surface area (Å²) in [6.07, 6.45) is 0. The van der Waals surface area contributed by atoms with Gasteiger partial charge in [0.2, 0.25) is 11.8 Å². The van der Waals surface area contributed by atoms with Crippen LogP contribution >= 0.6 is 0 Å². The molecule has 0 saturated carbocycles. The third-order valence-corrected chi connectivity index (χ3v) is 3.16. The van der Waals surface area contributed by atoms with Crippen molar-refractivity contribution in [1.82, 2.24) is 9.80 Å². The predicted molar refractivity (Wildman–Crippen MR) is 72.0 cm³/mol. The molecule has 0 aromatic rings. The molecule has 0 aromatic heterocycles. The molecule has 0 radical (unpaired) electrons. The van der Waals surface area contributed by atoms with Crippen LogP contribution in [-0.2, 0) is 9.59 Å². The second kappa shape index (κ2) is 6.21. The first-order valence-corrected chi connectivity index (χ1v) is 6.85. The molecule has 0 spiro atoms. The first-order valence-electron chi connectivity index (χ1n) is 6.85. The van der Waals surface area contributed by atoms with Crippen molar-refractivity contribution in [2.45, 2.75) is 34.6 Å². The molecule has 1 aliphatic heterocycles. The fraction of sp³-hybridized carbons (Fsp3) is 0.857. The van der Waals surface area contributed by atoms with Crippen LogP contribution in [0.5, 0.6) is 0 Å². The zero-order valence-corrected chi connectivity index (χ0v) is 12.3. The highest BCUT2D eigenvalue weighted by Crippen LogP contribution is 2.19. The van der Waals surface area contributed by atoms with Crippen LogP contribution in [0, 0.1) is 17.8 Å². The Morgan fingerprint density at radius 2 is 1.56 bits per heavy atom. The Morgan fingerprint density at radius 3 is 1.89 bits per heavy atom. The molecule has 4 nitrogen and oxygen atoms in total. The average molecular weight is 254 g/mol. The van der Waals surface area contributed by atoms with Crippen molar-refractivity contribution < 1.29 is 9.59 Å². The maximum atomic E-state index is 12.4. The largest absolute Gasteiger partial charge is 0.342 e. The van der Waals surface area contributed by atoms with E-state index in [1.165, 1.54) is 0 Å². The lowest BCUT2D eigenvalue weighted by Gasteiger charge is -2.40. The van der Waals surface area contributed by atoms with Crippen molar-refractivity contribution in [2.75, 3.05) is 26.2 Å². The lowest BCUT2D eigenvalue weighted by molar-refractivity contribution is -0.148. The summed E-state index contributed by atoms with van der Waals surface area (Å²) in [5, 5.41) is 0. The summed E-state index contributed by atoms with van der Waals surface area (Å²) in [5.41, 5.74) is 0. The number of hydrogen-bond donors (Lipinski definition) is 0. The predicted octanol–water partition coefficient (Wildman–Crippen LogP) is 1.61. The number of nitrogens with zero attached hydrogens (tertiary/aromatic N) is 2. The molecular formula is C14H26N2O2. The van der Waals surface area contributed by atoms with E-state index >= 15 is 0 Å². The van der Waals surface area contributed by atoms with Gasteiger partial charge in [-0.25, -0.2) is 0 Å². The molecule has 0 unspecified atom stereocenters. The van der Waals surface area contributed by atoms with Gasteiger partial charge in [0.1, 0.15) is 0 Å². The SMILES string of the molecule is CC(=O)N1CC(C(=O)N(CC(C)C)CC(C)C)C1. The van der Waals surface area contributed by atoms with E-state index in [-0.39, 0.29) is 17.7 Å². The Kier molecular flexibility index (Phi) is 5.17. The summed E-state index contributed by atoms with van der Waals surface area (Å²) in [5.74, 6) is 1.27. The van der Waals surface area contributed by atoms with Gasteiger partial charge >= 0.3 is 0 Å². The van der Waals surface area contributed by atoms with E-state index in [1.807, 2.05) is 4.90 Å². The minimum Gasteiger partial charge on any atom is -0.342 e. The van der Waals surface area contributed by atoms with E-state index in [4.69, 9.17) is 0 Å². The molecule has 0 aliphatic carbocycles. The lowest BCUT2D eigenvalue weighted by Crippen LogP contribution is -2.56. The molecule has 0 atom stereocenters. The number of amides is 2. The van der Waals surface area contributed by atoms with Crippen molar-refractivity contribution in [3.8, 4) is 0 Å². The maximum absolute atomic E-state index is 12.4. The Labute approximate surface area is 110 Å². The van der Waals surface area contributed by atoms with Gasteiger partial charge in [0.25, 0.3) is 0 Å². The summed E-state index contributed by atoms with van der Waals surface area (Å²) >= 11 is 0. The molecule has 18 heavy (non-hydrogen) atoms. The van der Waals surface area contributed by atoms with Crippen LogP contribution < -0.4 is 0 Å². The Hall–Kier alpha value is -1.06. The molecule has 1 aliphatic rings. The third-order valence-electron chi connectivity index (χ3n) is 3.16. The highest BCUT2D eigenvalue weighted by atomic mass is 16.2. The van der Waals surface area contributed by atoms with Crippen molar-refractivity contribution in [2.24, 2.45) is 17.8 Å². The first-order chi connectivity index (χ1) is 8.31. The van der Waals surface area contributed by atoms with Gasteiger partial charge in [-0.05, 0) is 11.8 Å². The molecule has 1 heterocycles. The summed E-state index contributed by atoms with van der Waals surface area (Å²) in [6, 6.07) is 0. The van der Waals surface area contributed by atoms with Gasteiger partial charge < -0.3 is 9.80 Å². The molecule has 0 aromatic carbocycles. The van der Waals surface area contributed by atoms with E-state index in [0.29, 0.717) is 24.9 Å². The second-order valence-electron chi connectivity index (χ2n) is 6.15. The number of hydrogen-bond acceptors (Lipinski definition) is 2. The molecule has 1 rings (SSSR count). The summed E-state index contributed by atoms with van der Waals surface area (Å²) in [7, 11) is 0. The summed E-state index contributed by atoms with van der Waals surface area (Å²) in [6.45, 7) is 12.9. The fourth-order valence-electron chi connectivity index (χ4n) is 2.29. The van der Waals surface area contributed by atoms with Crippen LogP contribution in [0.15, 0.2) is 0 Å². The van der Waals surface area contributed by atoms with Crippen LogP contribution in [0.25, 0.3) is 0 Å². The normalized spacial score (nSPS) is 16.1. The molecule has 0 N–H and O–H groups in total. The number of carbonyl (C=O) groups excluding carboxylic acids is 2. The Balaban J connectivity index is 2.52. The standard InChI is InChI=1S/C14H26N2O2/c1-10(2)6-16(7-11(3)4)14(18)13-8-15(9-13)12(5)17/h10-11,13H,6-9H2,1-5H3. The zero-order chi connectivity index (χ0) is 13.9. The Morgan fingerprint density at radius 1 is 1.11 bits per heavy atom. The van der Waals surface area contributed by atoms with E-state index in [1.54, 1.807) is 11.8 Å². The van der Waals surface area contributed by atoms with E-state index in [2.05, 4.69) is 27.7 Å². The molecule has 4 heteroatoms. The monoisotopic (exact) mass is 254 g/mol. The van der Waals surface area contributed by atoms with Crippen LogP contribution in [-0.4, -0.2) is 47.8 Å². The van der Waals surface area contributed by atoms with Gasteiger partial charge in [-0.1, -0.05) is 27.7 Å². The van der Waals surface area contributed by atoms with Gasteiger partial charge in [0.15, 0.2) is 0 Å². The van der Waals surface area contributed by atoms with Crippen LogP contribution in [0.1, 0.15) is 34.6 Å². The smallest absolute Gasteiger partial charge is 0.229 e. The maximum Gasteiger partial charge on any atom is 0.229 e. The highest BCUT2D eigenvalue weighted by molar-refractivity contribution is 5.83. The minimum absolute atomic E-state index is 0.0198. The highest BCUT2D eigenvalue weighted by Gasteiger charge is 2.36. The summed E-state index contributed by atoms with van der Waals surface area (Å²) in [4.78, 5) is 27.2. The second-order valence-corrected chi connectivity index (χ2v) is 6.15. The van der Waals surface area contributed by atoms with Crippen molar-refractivity contribution in [1.29, 1.82) is 0 Å². The average Bonchev–Trinajstić information content (AvgIpc) is 2.11. The van der Waals surface area contributed by atoms with E-state index < -0.39 is 0 Å². The topological polar surface area (TPSA) is 40.6 Å². The van der Waals surface area contributed by atoms with Crippen LogP contribution in [0.4, 0.5) is 0 Å². The Bertz CT molecular complexity index is 297. The van der Waals surface area contributed by atoms with Gasteiger partial charge in [-0.3, -0.25) is 9.59 Å². The van der Waals surface area contributed by atoms with Crippen molar-refractivity contribution in [3.63, 3.8) is 0 Å². The first kappa shape index (κ1) is 15.0. The molecule has 0 bridgehead atoms. The number of carbonyl (C=O) groups is 2. The summed E-state index contributed by atoms with van der Waals surface area (Å²) < 4.78 is 0. The molecule has 2 amide bonds. The van der Waals surface area contributed by atoms with Gasteiger partial charge in [-0.2, -0.15) is 0 Å². The number of likely N-dealkylation sites (tertiary alicyclic amines) is 1. The zero-order valence-electron chi connectivity index (χ0n) is 12.3. The molecular weight excluding hydrogens is 228 g/mol. The van der Waals surface area contributed by atoms with E-state index in [9.17, 15) is 9.59 Å². The van der Waals surface area contributed by atoms with Crippen LogP contribution in [0.2, 0.25) is 0 Å². The van der Waals surface area contributed by atoms with Gasteiger partial charge in [0.05, 0.1) is 5.92 Å². The van der Waals surface area contributed by atoms with Crippen LogP contribution in [0.3, 0.4) is 0 Å². The number of rotatable bonds is 5. The van der Waals surface area contributed by atoms with E-state index in [0.717, 1.165) is 13.1 Å².